The van der Waals surface area contributed by atoms with Crippen LogP contribution in [0.2, 0.25) is 0 Å². The van der Waals surface area contributed by atoms with Crippen molar-refractivity contribution in [2.75, 3.05) is 26.7 Å². The minimum absolute atomic E-state index is 0.320. The van der Waals surface area contributed by atoms with Gasteiger partial charge < -0.3 is 14.5 Å². The number of hydrogen-bond donors (Lipinski definition) is 1. The van der Waals surface area contributed by atoms with Crippen LogP contribution in [-0.4, -0.2) is 37.7 Å². The van der Waals surface area contributed by atoms with Crippen LogP contribution in [-0.2, 0) is 17.8 Å². The lowest BCUT2D eigenvalue weighted by molar-refractivity contribution is 0.0658. The van der Waals surface area contributed by atoms with E-state index in [2.05, 4.69) is 17.1 Å². The fourth-order valence-electron chi connectivity index (χ4n) is 2.28. The van der Waals surface area contributed by atoms with Crippen LogP contribution in [0.4, 0.5) is 0 Å². The smallest absolute Gasteiger partial charge is 0.122 e. The second-order valence-electron chi connectivity index (χ2n) is 4.67. The van der Waals surface area contributed by atoms with Gasteiger partial charge in [0.15, 0.2) is 0 Å². The summed E-state index contributed by atoms with van der Waals surface area (Å²) in [6, 6.07) is 2.05. The van der Waals surface area contributed by atoms with Gasteiger partial charge in [-0.3, -0.25) is 4.90 Å². The maximum Gasteiger partial charge on any atom is 0.122 e. The van der Waals surface area contributed by atoms with E-state index in [1.807, 2.05) is 13.1 Å². The second kappa shape index (κ2) is 6.19. The molecule has 1 aliphatic rings. The molecule has 1 fully saturated rings. The molecular weight excluding hydrogens is 216 g/mol. The van der Waals surface area contributed by atoms with Gasteiger partial charge in [0.05, 0.1) is 18.9 Å². The third-order valence-electron chi connectivity index (χ3n) is 3.11. The third-order valence-corrected chi connectivity index (χ3v) is 3.11. The highest BCUT2D eigenvalue weighted by Crippen LogP contribution is 2.15. The molecule has 0 amide bonds. The normalized spacial score (nSPS) is 22.6. The Kier molecular flexibility index (Phi) is 4.59. The quantitative estimate of drug-likeness (QED) is 0.865. The van der Waals surface area contributed by atoms with Crippen molar-refractivity contribution in [2.45, 2.75) is 32.5 Å². The average molecular weight is 238 g/mol. The lowest BCUT2D eigenvalue weighted by Gasteiger charge is -2.21. The van der Waals surface area contributed by atoms with Crippen molar-refractivity contribution < 1.29 is 9.15 Å². The van der Waals surface area contributed by atoms with Crippen LogP contribution in [0.15, 0.2) is 16.7 Å². The van der Waals surface area contributed by atoms with Crippen LogP contribution in [0.25, 0.3) is 0 Å². The zero-order valence-electron chi connectivity index (χ0n) is 10.7. The second-order valence-corrected chi connectivity index (χ2v) is 4.67. The van der Waals surface area contributed by atoms with Crippen LogP contribution in [0.5, 0.6) is 0 Å². The summed E-state index contributed by atoms with van der Waals surface area (Å²) in [5.41, 5.74) is 1.25. The first-order valence-electron chi connectivity index (χ1n) is 6.33. The zero-order chi connectivity index (χ0) is 12.1. The largest absolute Gasteiger partial charge is 0.468 e. The molecule has 17 heavy (non-hydrogen) atoms. The predicted molar refractivity (Wildman–Crippen MR) is 66.8 cm³/mol. The maximum atomic E-state index is 5.65. The molecule has 1 aromatic heterocycles. The van der Waals surface area contributed by atoms with E-state index in [-0.39, 0.29) is 0 Å². The monoisotopic (exact) mass is 238 g/mol. The molecule has 4 nitrogen and oxygen atoms in total. The van der Waals surface area contributed by atoms with Crippen molar-refractivity contribution in [3.8, 4) is 0 Å². The summed E-state index contributed by atoms with van der Waals surface area (Å²) in [7, 11) is 1.96. The van der Waals surface area contributed by atoms with E-state index in [0.717, 1.165) is 45.0 Å². The molecule has 0 bridgehead atoms. The SMILES string of the molecule is CNCc1ccoc1CN1CCCOC(C)C1. The van der Waals surface area contributed by atoms with Gasteiger partial charge in [0.25, 0.3) is 0 Å². The minimum Gasteiger partial charge on any atom is -0.468 e. The number of furan rings is 1. The first-order valence-corrected chi connectivity index (χ1v) is 6.33. The molecule has 0 aromatic carbocycles. The average Bonchev–Trinajstić information content (AvgIpc) is 2.61. The standard InChI is InChI=1S/C13H22N2O2/c1-11-9-15(5-3-6-16-11)10-13-12(8-14-2)4-7-17-13/h4,7,11,14H,3,5-6,8-10H2,1-2H3. The Hall–Kier alpha value is -0.840. The highest BCUT2D eigenvalue weighted by atomic mass is 16.5. The van der Waals surface area contributed by atoms with Crippen LogP contribution in [0, 0.1) is 0 Å². The summed E-state index contributed by atoms with van der Waals surface area (Å²) >= 11 is 0. The lowest BCUT2D eigenvalue weighted by atomic mass is 10.2. The van der Waals surface area contributed by atoms with Gasteiger partial charge in [-0.25, -0.2) is 0 Å². The Bertz CT molecular complexity index is 338. The topological polar surface area (TPSA) is 37.6 Å². The first-order chi connectivity index (χ1) is 8.29. The number of ether oxygens (including phenoxy) is 1. The summed E-state index contributed by atoms with van der Waals surface area (Å²) in [5.74, 6) is 1.08. The maximum absolute atomic E-state index is 5.65. The van der Waals surface area contributed by atoms with Crippen LogP contribution >= 0.6 is 0 Å². The molecule has 96 valence electrons. The molecule has 0 radical (unpaired) electrons. The predicted octanol–water partition coefficient (Wildman–Crippen LogP) is 1.61. The van der Waals surface area contributed by atoms with Crippen molar-refractivity contribution >= 4 is 0 Å². The molecule has 2 heterocycles. The summed E-state index contributed by atoms with van der Waals surface area (Å²) in [5, 5.41) is 3.17. The Balaban J connectivity index is 1.96. The van der Waals surface area contributed by atoms with E-state index in [1.165, 1.54) is 5.56 Å². The van der Waals surface area contributed by atoms with Crippen molar-refractivity contribution in [2.24, 2.45) is 0 Å². The Morgan fingerprint density at radius 3 is 3.24 bits per heavy atom. The first kappa shape index (κ1) is 12.6. The van der Waals surface area contributed by atoms with E-state index in [4.69, 9.17) is 9.15 Å². The molecule has 2 rings (SSSR count). The van der Waals surface area contributed by atoms with E-state index >= 15 is 0 Å². The van der Waals surface area contributed by atoms with Crippen molar-refractivity contribution in [3.05, 3.63) is 23.7 Å². The van der Waals surface area contributed by atoms with E-state index in [0.29, 0.717) is 6.10 Å². The summed E-state index contributed by atoms with van der Waals surface area (Å²) in [4.78, 5) is 2.41. The van der Waals surface area contributed by atoms with E-state index < -0.39 is 0 Å². The zero-order valence-corrected chi connectivity index (χ0v) is 10.7. The molecule has 1 saturated heterocycles. The fraction of sp³-hybridized carbons (Fsp3) is 0.692. The third kappa shape index (κ3) is 3.56. The van der Waals surface area contributed by atoms with Gasteiger partial charge in [-0.05, 0) is 26.5 Å². The van der Waals surface area contributed by atoms with E-state index in [9.17, 15) is 0 Å². The summed E-state index contributed by atoms with van der Waals surface area (Å²) < 4.78 is 11.2. The van der Waals surface area contributed by atoms with Gasteiger partial charge in [-0.15, -0.1) is 0 Å². The lowest BCUT2D eigenvalue weighted by Crippen LogP contribution is -2.30. The van der Waals surface area contributed by atoms with Crippen LogP contribution < -0.4 is 5.32 Å². The van der Waals surface area contributed by atoms with E-state index in [1.54, 1.807) is 6.26 Å². The van der Waals surface area contributed by atoms with Crippen molar-refractivity contribution in [3.63, 3.8) is 0 Å². The van der Waals surface area contributed by atoms with Gasteiger partial charge in [0, 0.05) is 31.8 Å². The molecule has 0 spiro atoms. The highest BCUT2D eigenvalue weighted by Gasteiger charge is 2.17. The highest BCUT2D eigenvalue weighted by molar-refractivity contribution is 5.16. The molecule has 1 atom stereocenters. The molecule has 0 saturated carbocycles. The Morgan fingerprint density at radius 1 is 1.53 bits per heavy atom. The minimum atomic E-state index is 0.320. The van der Waals surface area contributed by atoms with Crippen molar-refractivity contribution in [1.29, 1.82) is 0 Å². The van der Waals surface area contributed by atoms with Gasteiger partial charge in [0.1, 0.15) is 5.76 Å². The van der Waals surface area contributed by atoms with Gasteiger partial charge >= 0.3 is 0 Å². The molecule has 1 aromatic rings. The molecule has 1 aliphatic heterocycles. The van der Waals surface area contributed by atoms with Gasteiger partial charge in [-0.1, -0.05) is 0 Å². The van der Waals surface area contributed by atoms with Crippen molar-refractivity contribution in [1.82, 2.24) is 10.2 Å². The van der Waals surface area contributed by atoms with Gasteiger partial charge in [0.2, 0.25) is 0 Å². The number of nitrogens with one attached hydrogen (secondary N) is 1. The van der Waals surface area contributed by atoms with Crippen LogP contribution in [0.3, 0.4) is 0 Å². The number of nitrogens with zero attached hydrogens (tertiary/aromatic N) is 1. The Labute approximate surface area is 103 Å². The molecule has 0 aliphatic carbocycles. The number of hydrogen-bond acceptors (Lipinski definition) is 4. The molecule has 1 unspecified atom stereocenters. The van der Waals surface area contributed by atoms with Crippen LogP contribution in [0.1, 0.15) is 24.7 Å². The summed E-state index contributed by atoms with van der Waals surface area (Å²) in [6.45, 7) is 6.83. The molecule has 1 N–H and O–H groups in total. The summed E-state index contributed by atoms with van der Waals surface area (Å²) in [6.07, 6.45) is 3.20. The fourth-order valence-corrected chi connectivity index (χ4v) is 2.28. The molecule has 4 heteroatoms. The number of rotatable bonds is 4. The van der Waals surface area contributed by atoms with Gasteiger partial charge in [-0.2, -0.15) is 0 Å². The Morgan fingerprint density at radius 2 is 2.41 bits per heavy atom. The molecular formula is C13H22N2O2.